The summed E-state index contributed by atoms with van der Waals surface area (Å²) in [6, 6.07) is 17.9. The topological polar surface area (TPSA) is 93.0 Å². The van der Waals surface area contributed by atoms with Gasteiger partial charge in [0.15, 0.2) is 0 Å². The molecule has 0 unspecified atom stereocenters. The van der Waals surface area contributed by atoms with Crippen molar-refractivity contribution >= 4 is 11.8 Å². The summed E-state index contributed by atoms with van der Waals surface area (Å²) in [5.41, 5.74) is 9.05. The van der Waals surface area contributed by atoms with Crippen LogP contribution in [-0.2, 0) is 0 Å². The second-order valence-electron chi connectivity index (χ2n) is 6.00. The molecule has 1 aliphatic heterocycles. The number of nitriles is 1. The van der Waals surface area contributed by atoms with Crippen molar-refractivity contribution in [2.24, 2.45) is 5.73 Å². The molecule has 0 aliphatic carbocycles. The fourth-order valence-electron chi connectivity index (χ4n) is 3.17. The average molecular weight is 351 g/mol. The SMILES string of the molecule is Cc1ccc([C@H]2C(C#N)=C(N)S[C@@H](c3ccccc3)[C@H]2[N+](=O)[O-])cc1. The number of rotatable bonds is 3. The standard InChI is InChI=1S/C19H17N3O2S/c1-12-7-9-13(10-8-12)16-15(11-20)19(21)25-18(17(16)22(23)24)14-5-3-2-4-6-14/h2-10,16-18H,21H2,1H3/t16-,17-,18-/m0/s1. The Kier molecular flexibility index (Phi) is 4.77. The second-order valence-corrected chi connectivity index (χ2v) is 7.19. The largest absolute Gasteiger partial charge is 0.393 e. The van der Waals surface area contributed by atoms with Gasteiger partial charge in [-0.3, -0.25) is 10.1 Å². The van der Waals surface area contributed by atoms with E-state index >= 15 is 0 Å². The van der Waals surface area contributed by atoms with Crippen LogP contribution < -0.4 is 5.73 Å². The molecule has 0 aromatic heterocycles. The number of aryl methyl sites for hydroxylation is 1. The van der Waals surface area contributed by atoms with Gasteiger partial charge in [-0.05, 0) is 18.1 Å². The first kappa shape index (κ1) is 17.1. The Bertz CT molecular complexity index is 856. The lowest BCUT2D eigenvalue weighted by Gasteiger charge is -2.32. The summed E-state index contributed by atoms with van der Waals surface area (Å²) in [4.78, 5) is 11.7. The van der Waals surface area contributed by atoms with E-state index in [2.05, 4.69) is 6.07 Å². The lowest BCUT2D eigenvalue weighted by atomic mass is 9.82. The maximum absolute atomic E-state index is 12.0. The van der Waals surface area contributed by atoms with Crippen molar-refractivity contribution < 1.29 is 4.92 Å². The highest BCUT2D eigenvalue weighted by Crippen LogP contribution is 2.50. The van der Waals surface area contributed by atoms with Crippen LogP contribution >= 0.6 is 11.8 Å². The summed E-state index contributed by atoms with van der Waals surface area (Å²) < 4.78 is 0. The summed E-state index contributed by atoms with van der Waals surface area (Å²) in [6.07, 6.45) is 0. The van der Waals surface area contributed by atoms with Crippen LogP contribution in [-0.4, -0.2) is 11.0 Å². The van der Waals surface area contributed by atoms with Crippen LogP contribution in [0.4, 0.5) is 0 Å². The summed E-state index contributed by atoms with van der Waals surface area (Å²) in [6.45, 7) is 1.95. The van der Waals surface area contributed by atoms with E-state index in [4.69, 9.17) is 5.73 Å². The quantitative estimate of drug-likeness (QED) is 0.668. The maximum Gasteiger partial charge on any atom is 0.240 e. The average Bonchev–Trinajstić information content (AvgIpc) is 2.62. The molecule has 0 spiro atoms. The second kappa shape index (κ2) is 6.99. The number of hydrogen-bond donors (Lipinski definition) is 1. The first-order valence-corrected chi connectivity index (χ1v) is 8.72. The van der Waals surface area contributed by atoms with E-state index in [-0.39, 0.29) is 10.5 Å². The minimum absolute atomic E-state index is 0.279. The predicted molar refractivity (Wildman–Crippen MR) is 98.3 cm³/mol. The molecule has 1 heterocycles. The molecule has 0 saturated carbocycles. The fraction of sp³-hybridized carbons (Fsp3) is 0.211. The Labute approximate surface area is 150 Å². The molecule has 2 N–H and O–H groups in total. The van der Waals surface area contributed by atoms with Gasteiger partial charge in [-0.2, -0.15) is 5.26 Å². The third-order valence-electron chi connectivity index (χ3n) is 4.41. The number of hydrogen-bond acceptors (Lipinski definition) is 5. The molecule has 1 aliphatic rings. The summed E-state index contributed by atoms with van der Waals surface area (Å²) in [7, 11) is 0. The van der Waals surface area contributed by atoms with Gasteiger partial charge in [-0.1, -0.05) is 71.9 Å². The first-order chi connectivity index (χ1) is 12.0. The highest BCUT2D eigenvalue weighted by Gasteiger charge is 2.48. The number of thioether (sulfide) groups is 1. The maximum atomic E-state index is 12.0. The van der Waals surface area contributed by atoms with Gasteiger partial charge in [0, 0.05) is 4.92 Å². The zero-order valence-corrected chi connectivity index (χ0v) is 14.4. The number of nitrogens with zero attached hydrogens (tertiary/aromatic N) is 2. The predicted octanol–water partition coefficient (Wildman–Crippen LogP) is 3.91. The molecule has 5 nitrogen and oxygen atoms in total. The monoisotopic (exact) mass is 351 g/mol. The molecule has 3 rings (SSSR count). The summed E-state index contributed by atoms with van der Waals surface area (Å²) in [5, 5.41) is 21.5. The summed E-state index contributed by atoms with van der Waals surface area (Å²) in [5.74, 6) is -0.660. The smallest absolute Gasteiger partial charge is 0.240 e. The van der Waals surface area contributed by atoms with Gasteiger partial charge in [0.25, 0.3) is 0 Å². The van der Waals surface area contributed by atoms with Crippen molar-refractivity contribution in [3.63, 3.8) is 0 Å². The molecule has 2 aromatic rings. The highest BCUT2D eigenvalue weighted by molar-refractivity contribution is 8.03. The van der Waals surface area contributed by atoms with Gasteiger partial charge in [-0.15, -0.1) is 0 Å². The number of nitro groups is 1. The van der Waals surface area contributed by atoms with Crippen molar-refractivity contribution in [1.29, 1.82) is 5.26 Å². The molecule has 3 atom stereocenters. The Balaban J connectivity index is 2.17. The minimum Gasteiger partial charge on any atom is -0.393 e. The van der Waals surface area contributed by atoms with E-state index in [1.807, 2.05) is 61.5 Å². The van der Waals surface area contributed by atoms with E-state index in [9.17, 15) is 15.4 Å². The van der Waals surface area contributed by atoms with Gasteiger partial charge in [0.1, 0.15) is 5.25 Å². The van der Waals surface area contributed by atoms with Crippen LogP contribution in [0.3, 0.4) is 0 Å². The van der Waals surface area contributed by atoms with Crippen molar-refractivity contribution in [1.82, 2.24) is 0 Å². The molecule has 0 saturated heterocycles. The van der Waals surface area contributed by atoms with E-state index in [0.717, 1.165) is 16.7 Å². The van der Waals surface area contributed by atoms with Crippen LogP contribution in [0.25, 0.3) is 0 Å². The van der Waals surface area contributed by atoms with Crippen molar-refractivity contribution in [3.8, 4) is 6.07 Å². The third-order valence-corrected chi connectivity index (χ3v) is 5.69. The van der Waals surface area contributed by atoms with Crippen LogP contribution in [0.1, 0.15) is 27.9 Å². The molecule has 2 aromatic carbocycles. The van der Waals surface area contributed by atoms with Gasteiger partial charge < -0.3 is 5.73 Å². The first-order valence-electron chi connectivity index (χ1n) is 7.84. The van der Waals surface area contributed by atoms with E-state index in [0.29, 0.717) is 5.03 Å². The van der Waals surface area contributed by atoms with Crippen LogP contribution in [0.15, 0.2) is 65.2 Å². The molecular formula is C19H17N3O2S. The Morgan fingerprint density at radius 2 is 1.76 bits per heavy atom. The lowest BCUT2D eigenvalue weighted by Crippen LogP contribution is -2.37. The molecular weight excluding hydrogens is 334 g/mol. The van der Waals surface area contributed by atoms with E-state index in [1.165, 1.54) is 11.8 Å². The molecule has 0 bridgehead atoms. The number of benzene rings is 2. The van der Waals surface area contributed by atoms with Crippen LogP contribution in [0.2, 0.25) is 0 Å². The number of nitrogens with two attached hydrogens (primary N) is 1. The molecule has 0 radical (unpaired) electrons. The highest BCUT2D eigenvalue weighted by atomic mass is 32.2. The van der Waals surface area contributed by atoms with Gasteiger partial charge in [0.05, 0.1) is 22.6 Å². The van der Waals surface area contributed by atoms with Crippen LogP contribution in [0, 0.1) is 28.4 Å². The van der Waals surface area contributed by atoms with Gasteiger partial charge in [0.2, 0.25) is 6.04 Å². The molecule has 126 valence electrons. The van der Waals surface area contributed by atoms with Gasteiger partial charge in [-0.25, -0.2) is 0 Å². The Morgan fingerprint density at radius 1 is 1.12 bits per heavy atom. The Hall–Kier alpha value is -2.78. The molecule has 0 amide bonds. The normalized spacial score (nSPS) is 23.1. The fourth-order valence-corrected chi connectivity index (χ4v) is 4.43. The molecule has 0 fully saturated rings. The van der Waals surface area contributed by atoms with Crippen molar-refractivity contribution in [2.75, 3.05) is 0 Å². The zero-order valence-electron chi connectivity index (χ0n) is 13.6. The third kappa shape index (κ3) is 3.24. The molecule has 6 heteroatoms. The molecule has 25 heavy (non-hydrogen) atoms. The van der Waals surface area contributed by atoms with Crippen LogP contribution in [0.5, 0.6) is 0 Å². The van der Waals surface area contributed by atoms with Gasteiger partial charge >= 0.3 is 0 Å². The van der Waals surface area contributed by atoms with Crippen molar-refractivity contribution in [3.05, 3.63) is 92.0 Å². The zero-order chi connectivity index (χ0) is 18.0. The van der Waals surface area contributed by atoms with E-state index in [1.54, 1.807) is 0 Å². The van der Waals surface area contributed by atoms with E-state index < -0.39 is 17.2 Å². The minimum atomic E-state index is -0.961. The lowest BCUT2D eigenvalue weighted by molar-refractivity contribution is -0.525. The summed E-state index contributed by atoms with van der Waals surface area (Å²) >= 11 is 1.20. The van der Waals surface area contributed by atoms with Crippen molar-refractivity contribution in [2.45, 2.75) is 24.1 Å². The Morgan fingerprint density at radius 3 is 2.32 bits per heavy atom.